The maximum Gasteiger partial charge on any atom is 0.147 e. The summed E-state index contributed by atoms with van der Waals surface area (Å²) in [5, 5.41) is 4.15. The lowest BCUT2D eigenvalue weighted by atomic mass is 9.98. The summed E-state index contributed by atoms with van der Waals surface area (Å²) in [6, 6.07) is 73.0. The minimum Gasteiger partial charge on any atom is -0.456 e. The monoisotopic (exact) mass is 746 g/mol. The highest BCUT2D eigenvalue weighted by atomic mass is 19.1. The zero-order valence-electron chi connectivity index (χ0n) is 31.4. The number of rotatable bonds is 7. The highest BCUT2D eigenvalue weighted by molar-refractivity contribution is 6.13. The van der Waals surface area contributed by atoms with Gasteiger partial charge in [-0.25, -0.2) is 4.39 Å². The highest BCUT2D eigenvalue weighted by Crippen LogP contribution is 2.44. The molecule has 11 aromatic rings. The highest BCUT2D eigenvalue weighted by Gasteiger charge is 2.21. The van der Waals surface area contributed by atoms with Crippen molar-refractivity contribution in [3.63, 3.8) is 0 Å². The van der Waals surface area contributed by atoms with Gasteiger partial charge in [-0.05, 0) is 82.9 Å². The molecule has 3 nitrogen and oxygen atoms in total. The number of hydrogen-bond acceptors (Lipinski definition) is 2. The first-order valence-corrected chi connectivity index (χ1v) is 19.5. The lowest BCUT2D eigenvalue weighted by molar-refractivity contribution is 0.635. The standard InChI is InChI=1S/C54H35FN2O/c55-47-22-12-21-45-44-18-6-10-25-50(44)57(54(45)47)49-24-9-5-17-42(49)37-28-32-39(33-29-37)56(48-23-8-4-16-41(48)36-14-2-1-3-15-36)40-34-30-38(31-35-40)43-20-13-27-52-53(43)46-19-7-11-26-51(46)58-52/h1-35H. The average Bonchev–Trinajstić information content (AvgIpc) is 3.84. The lowest BCUT2D eigenvalue weighted by Crippen LogP contribution is -2.11. The Kier molecular flexibility index (Phi) is 8.00. The molecule has 0 N–H and O–H groups in total. The van der Waals surface area contributed by atoms with E-state index in [-0.39, 0.29) is 5.82 Å². The van der Waals surface area contributed by atoms with Crippen molar-refractivity contribution in [3.8, 4) is 39.1 Å². The number of halogens is 1. The molecule has 274 valence electrons. The fourth-order valence-electron chi connectivity index (χ4n) is 8.69. The summed E-state index contributed by atoms with van der Waals surface area (Å²) >= 11 is 0. The molecule has 0 atom stereocenters. The van der Waals surface area contributed by atoms with Crippen molar-refractivity contribution in [3.05, 3.63) is 218 Å². The molecule has 0 fully saturated rings. The molecule has 0 amide bonds. The van der Waals surface area contributed by atoms with Gasteiger partial charge in [0.15, 0.2) is 0 Å². The van der Waals surface area contributed by atoms with Gasteiger partial charge in [-0.1, -0.05) is 152 Å². The molecule has 4 heteroatoms. The van der Waals surface area contributed by atoms with Gasteiger partial charge >= 0.3 is 0 Å². The van der Waals surface area contributed by atoms with Crippen molar-refractivity contribution >= 4 is 60.8 Å². The molecule has 0 aliphatic heterocycles. The van der Waals surface area contributed by atoms with E-state index in [4.69, 9.17) is 4.42 Å². The van der Waals surface area contributed by atoms with E-state index in [1.165, 1.54) is 0 Å². The quantitative estimate of drug-likeness (QED) is 0.162. The Morgan fingerprint density at radius 2 is 0.948 bits per heavy atom. The molecule has 2 heterocycles. The van der Waals surface area contributed by atoms with Crippen LogP contribution < -0.4 is 4.90 Å². The molecule has 0 radical (unpaired) electrons. The fraction of sp³-hybridized carbons (Fsp3) is 0. The van der Waals surface area contributed by atoms with Crippen LogP contribution in [0, 0.1) is 5.82 Å². The summed E-state index contributed by atoms with van der Waals surface area (Å²) in [4.78, 5) is 2.33. The van der Waals surface area contributed by atoms with E-state index in [0.29, 0.717) is 5.52 Å². The van der Waals surface area contributed by atoms with Gasteiger partial charge in [-0.15, -0.1) is 0 Å². The molecule has 0 spiro atoms. The first-order chi connectivity index (χ1) is 28.7. The lowest BCUT2D eigenvalue weighted by Gasteiger charge is -2.28. The van der Waals surface area contributed by atoms with Crippen molar-refractivity contribution in [1.29, 1.82) is 0 Å². The van der Waals surface area contributed by atoms with Crippen molar-refractivity contribution in [2.24, 2.45) is 0 Å². The SMILES string of the molecule is Fc1cccc2c3ccccc3n(-c3ccccc3-c3ccc(N(c4ccc(-c5cccc6oc7ccccc7c56)cc4)c4ccccc4-c4ccccc4)cc3)c12. The van der Waals surface area contributed by atoms with E-state index in [9.17, 15) is 0 Å². The molecule has 0 aliphatic rings. The number of fused-ring (bicyclic) bond motifs is 6. The van der Waals surface area contributed by atoms with Crippen molar-refractivity contribution < 1.29 is 8.81 Å². The second kappa shape index (κ2) is 13.8. The van der Waals surface area contributed by atoms with E-state index in [1.807, 2.05) is 48.5 Å². The average molecular weight is 747 g/mol. The Morgan fingerprint density at radius 3 is 1.74 bits per heavy atom. The second-order valence-electron chi connectivity index (χ2n) is 14.6. The van der Waals surface area contributed by atoms with Crippen molar-refractivity contribution in [2.45, 2.75) is 0 Å². The normalized spacial score (nSPS) is 11.5. The Hall–Kier alpha value is -7.69. The van der Waals surface area contributed by atoms with E-state index < -0.39 is 0 Å². The third kappa shape index (κ3) is 5.49. The molecule has 58 heavy (non-hydrogen) atoms. The Balaban J connectivity index is 1.05. The largest absolute Gasteiger partial charge is 0.456 e. The van der Waals surface area contributed by atoms with Crippen LogP contribution in [0.3, 0.4) is 0 Å². The van der Waals surface area contributed by atoms with Crippen LogP contribution >= 0.6 is 0 Å². The summed E-state index contributed by atoms with van der Waals surface area (Å²) in [5.41, 5.74) is 13.9. The topological polar surface area (TPSA) is 21.3 Å². The summed E-state index contributed by atoms with van der Waals surface area (Å²) in [7, 11) is 0. The fourth-order valence-corrected chi connectivity index (χ4v) is 8.69. The van der Waals surface area contributed by atoms with Gasteiger partial charge in [0.1, 0.15) is 17.0 Å². The number of furan rings is 1. The minimum atomic E-state index is -0.243. The third-order valence-corrected chi connectivity index (χ3v) is 11.3. The van der Waals surface area contributed by atoms with E-state index >= 15 is 4.39 Å². The van der Waals surface area contributed by atoms with Crippen molar-refractivity contribution in [2.75, 3.05) is 4.90 Å². The number of para-hydroxylation sites is 5. The molecule has 0 aliphatic carbocycles. The maximum atomic E-state index is 15.7. The predicted molar refractivity (Wildman–Crippen MR) is 239 cm³/mol. The molecule has 0 saturated heterocycles. The van der Waals surface area contributed by atoms with Crippen LogP contribution in [-0.4, -0.2) is 4.57 Å². The summed E-state index contributed by atoms with van der Waals surface area (Å²) < 4.78 is 24.0. The first-order valence-electron chi connectivity index (χ1n) is 19.5. The van der Waals surface area contributed by atoms with Crippen molar-refractivity contribution in [1.82, 2.24) is 4.57 Å². The van der Waals surface area contributed by atoms with Crippen LogP contribution in [0.4, 0.5) is 21.5 Å². The van der Waals surface area contributed by atoms with Gasteiger partial charge < -0.3 is 13.9 Å². The second-order valence-corrected chi connectivity index (χ2v) is 14.6. The maximum absolute atomic E-state index is 15.7. The molecular weight excluding hydrogens is 712 g/mol. The summed E-state index contributed by atoms with van der Waals surface area (Å²) in [6.45, 7) is 0. The number of anilines is 3. The van der Waals surface area contributed by atoms with Crippen LogP contribution in [0.15, 0.2) is 217 Å². The number of aromatic nitrogens is 1. The van der Waals surface area contributed by atoms with Crippen LogP contribution in [0.2, 0.25) is 0 Å². The Bertz CT molecular complexity index is 3290. The summed E-state index contributed by atoms with van der Waals surface area (Å²) in [5.74, 6) is -0.243. The van der Waals surface area contributed by atoms with Crippen LogP contribution in [-0.2, 0) is 0 Å². The van der Waals surface area contributed by atoms with Gasteiger partial charge in [0.25, 0.3) is 0 Å². The third-order valence-electron chi connectivity index (χ3n) is 11.3. The zero-order chi connectivity index (χ0) is 38.6. The van der Waals surface area contributed by atoms with E-state index in [2.05, 4.69) is 161 Å². The van der Waals surface area contributed by atoms with Gasteiger partial charge in [-0.2, -0.15) is 0 Å². The van der Waals surface area contributed by atoms with E-state index in [1.54, 1.807) is 12.1 Å². The predicted octanol–water partition coefficient (Wildman–Crippen LogP) is 15.3. The number of benzene rings is 9. The molecule has 0 bridgehead atoms. The smallest absolute Gasteiger partial charge is 0.147 e. The van der Waals surface area contributed by atoms with Crippen LogP contribution in [0.25, 0.3) is 82.8 Å². The molecule has 9 aromatic carbocycles. The molecular formula is C54H35FN2O. The Morgan fingerprint density at radius 1 is 0.397 bits per heavy atom. The van der Waals surface area contributed by atoms with Crippen LogP contribution in [0.5, 0.6) is 0 Å². The minimum absolute atomic E-state index is 0.243. The summed E-state index contributed by atoms with van der Waals surface area (Å²) in [6.07, 6.45) is 0. The molecule has 2 aromatic heterocycles. The molecule has 11 rings (SSSR count). The van der Waals surface area contributed by atoms with Gasteiger partial charge in [-0.3, -0.25) is 0 Å². The molecule has 0 unspecified atom stereocenters. The van der Waals surface area contributed by atoms with Gasteiger partial charge in [0.2, 0.25) is 0 Å². The van der Waals surface area contributed by atoms with Gasteiger partial charge in [0.05, 0.1) is 22.4 Å². The number of nitrogens with zero attached hydrogens (tertiary/aromatic N) is 2. The number of hydrogen-bond donors (Lipinski definition) is 0. The Labute approximate surface area is 335 Å². The molecule has 0 saturated carbocycles. The zero-order valence-corrected chi connectivity index (χ0v) is 31.4. The van der Waals surface area contributed by atoms with Crippen LogP contribution in [0.1, 0.15) is 0 Å². The van der Waals surface area contributed by atoms with E-state index in [0.717, 1.165) is 94.4 Å². The van der Waals surface area contributed by atoms with Gasteiger partial charge in [0, 0.05) is 44.0 Å². The first kappa shape index (κ1) is 33.6.